The highest BCUT2D eigenvalue weighted by molar-refractivity contribution is 5.65. The SMILES string of the molecule is COC(=O)N(Cc1ccccc1)[N+](=O)[O-]. The molecule has 15 heavy (non-hydrogen) atoms. The van der Waals surface area contributed by atoms with E-state index in [0.717, 1.165) is 7.11 Å². The van der Waals surface area contributed by atoms with Crippen molar-refractivity contribution in [3.63, 3.8) is 0 Å². The number of benzene rings is 1. The molecule has 0 aliphatic carbocycles. The molecule has 6 heteroatoms. The molecule has 0 atom stereocenters. The van der Waals surface area contributed by atoms with Gasteiger partial charge in [-0.05, 0) is 10.6 Å². The molecular formula is C9H10N2O4. The molecule has 0 aromatic heterocycles. The zero-order valence-corrected chi connectivity index (χ0v) is 8.12. The summed E-state index contributed by atoms with van der Waals surface area (Å²) in [5.41, 5.74) is 0.666. The van der Waals surface area contributed by atoms with E-state index >= 15 is 0 Å². The number of rotatable bonds is 3. The Balaban J connectivity index is 2.76. The Hall–Kier alpha value is -2.11. The molecule has 1 aromatic rings. The monoisotopic (exact) mass is 210 g/mol. The number of carbonyl (C=O) groups is 1. The highest BCUT2D eigenvalue weighted by Gasteiger charge is 2.24. The summed E-state index contributed by atoms with van der Waals surface area (Å²) in [6.45, 7) is -0.111. The fourth-order valence-corrected chi connectivity index (χ4v) is 1.05. The molecule has 0 saturated heterocycles. The number of hydrazine groups is 1. The maximum atomic E-state index is 11.0. The van der Waals surface area contributed by atoms with Gasteiger partial charge in [-0.1, -0.05) is 30.3 Å². The average Bonchev–Trinajstić information content (AvgIpc) is 2.26. The number of hydrogen-bond donors (Lipinski definition) is 0. The standard InChI is InChI=1S/C9H10N2O4/c1-15-9(12)10(11(13)14)7-8-5-3-2-4-6-8/h2-6H,7H2,1H3. The summed E-state index contributed by atoms with van der Waals surface area (Å²) in [6.07, 6.45) is -0.983. The summed E-state index contributed by atoms with van der Waals surface area (Å²) in [4.78, 5) is 21.6. The van der Waals surface area contributed by atoms with Crippen LogP contribution in [0.2, 0.25) is 0 Å². The molecule has 0 spiro atoms. The molecular weight excluding hydrogens is 200 g/mol. The van der Waals surface area contributed by atoms with E-state index in [-0.39, 0.29) is 6.54 Å². The second-order valence-electron chi connectivity index (χ2n) is 2.75. The van der Waals surface area contributed by atoms with Crippen LogP contribution in [-0.2, 0) is 11.3 Å². The Kier molecular flexibility index (Phi) is 3.61. The van der Waals surface area contributed by atoms with Gasteiger partial charge in [0.2, 0.25) is 0 Å². The van der Waals surface area contributed by atoms with E-state index in [2.05, 4.69) is 4.74 Å². The number of hydrogen-bond acceptors (Lipinski definition) is 4. The van der Waals surface area contributed by atoms with Gasteiger partial charge < -0.3 is 4.74 Å². The number of ether oxygens (including phenoxy) is 1. The van der Waals surface area contributed by atoms with Gasteiger partial charge >= 0.3 is 6.09 Å². The molecule has 1 amide bonds. The van der Waals surface area contributed by atoms with Gasteiger partial charge in [0.25, 0.3) is 0 Å². The zero-order chi connectivity index (χ0) is 11.3. The van der Waals surface area contributed by atoms with Crippen LogP contribution in [0.25, 0.3) is 0 Å². The van der Waals surface area contributed by atoms with Gasteiger partial charge in [-0.25, -0.2) is 14.9 Å². The Morgan fingerprint density at radius 1 is 1.47 bits per heavy atom. The third-order valence-electron chi connectivity index (χ3n) is 1.76. The molecule has 6 nitrogen and oxygen atoms in total. The Labute approximate surface area is 86.2 Å². The minimum absolute atomic E-state index is 0.111. The van der Waals surface area contributed by atoms with Crippen molar-refractivity contribution >= 4 is 6.09 Å². The number of amides is 1. The topological polar surface area (TPSA) is 72.7 Å². The maximum Gasteiger partial charge on any atom is 0.468 e. The largest absolute Gasteiger partial charge is 0.468 e. The van der Waals surface area contributed by atoms with E-state index in [1.54, 1.807) is 30.3 Å². The van der Waals surface area contributed by atoms with Crippen LogP contribution < -0.4 is 0 Å². The smallest absolute Gasteiger partial charge is 0.449 e. The number of methoxy groups -OCH3 is 1. The molecule has 0 heterocycles. The van der Waals surface area contributed by atoms with Gasteiger partial charge in [0.05, 0.1) is 7.11 Å². The third kappa shape index (κ3) is 2.94. The van der Waals surface area contributed by atoms with Crippen molar-refractivity contribution in [3.8, 4) is 0 Å². The molecule has 1 rings (SSSR count). The Bertz CT molecular complexity index is 352. The number of nitrogens with zero attached hydrogens (tertiary/aromatic N) is 2. The second kappa shape index (κ2) is 4.94. The third-order valence-corrected chi connectivity index (χ3v) is 1.76. The predicted octanol–water partition coefficient (Wildman–Crippen LogP) is 1.45. The highest BCUT2D eigenvalue weighted by atomic mass is 16.7. The van der Waals surface area contributed by atoms with Gasteiger partial charge in [0.15, 0.2) is 5.03 Å². The first-order valence-corrected chi connectivity index (χ1v) is 4.19. The van der Waals surface area contributed by atoms with Crippen molar-refractivity contribution < 1.29 is 14.6 Å². The lowest BCUT2D eigenvalue weighted by Crippen LogP contribution is -2.35. The Morgan fingerprint density at radius 3 is 2.53 bits per heavy atom. The first-order valence-electron chi connectivity index (χ1n) is 4.19. The first kappa shape index (κ1) is 11.0. The summed E-state index contributed by atoms with van der Waals surface area (Å²) in [5, 5.41) is 10.2. The lowest BCUT2D eigenvalue weighted by molar-refractivity contribution is -0.638. The maximum absolute atomic E-state index is 11.0. The van der Waals surface area contributed by atoms with Crippen molar-refractivity contribution in [1.82, 2.24) is 5.01 Å². The van der Waals surface area contributed by atoms with E-state index in [0.29, 0.717) is 10.6 Å². The van der Waals surface area contributed by atoms with Crippen molar-refractivity contribution in [2.45, 2.75) is 6.54 Å². The molecule has 0 aliphatic heterocycles. The van der Waals surface area contributed by atoms with E-state index in [1.165, 1.54) is 0 Å². The summed E-state index contributed by atoms with van der Waals surface area (Å²) in [5.74, 6) is 0. The van der Waals surface area contributed by atoms with Gasteiger partial charge in [-0.2, -0.15) is 0 Å². The van der Waals surface area contributed by atoms with Crippen LogP contribution in [0, 0.1) is 10.1 Å². The lowest BCUT2D eigenvalue weighted by atomic mass is 10.2. The average molecular weight is 210 g/mol. The van der Waals surface area contributed by atoms with Crippen LogP contribution in [0.15, 0.2) is 30.3 Å². The highest BCUT2D eigenvalue weighted by Crippen LogP contribution is 2.05. The quantitative estimate of drug-likeness (QED) is 0.559. The van der Waals surface area contributed by atoms with Gasteiger partial charge in [-0.3, -0.25) is 0 Å². The van der Waals surface area contributed by atoms with Crippen LogP contribution >= 0.6 is 0 Å². The van der Waals surface area contributed by atoms with E-state index in [1.807, 2.05) is 0 Å². The molecule has 1 aromatic carbocycles. The summed E-state index contributed by atoms with van der Waals surface area (Å²) in [7, 11) is 1.10. The molecule has 0 aliphatic rings. The van der Waals surface area contributed by atoms with Crippen LogP contribution in [-0.4, -0.2) is 23.2 Å². The van der Waals surface area contributed by atoms with Crippen molar-refractivity contribution in [2.24, 2.45) is 0 Å². The molecule has 0 saturated carbocycles. The Morgan fingerprint density at radius 2 is 2.07 bits per heavy atom. The molecule has 0 bridgehead atoms. The van der Waals surface area contributed by atoms with E-state index in [9.17, 15) is 14.9 Å². The van der Waals surface area contributed by atoms with Crippen molar-refractivity contribution in [2.75, 3.05) is 7.11 Å². The summed E-state index contributed by atoms with van der Waals surface area (Å²) in [6, 6.07) is 8.66. The molecule has 0 fully saturated rings. The minimum Gasteiger partial charge on any atom is -0.449 e. The van der Waals surface area contributed by atoms with Gasteiger partial charge in [0, 0.05) is 0 Å². The summed E-state index contributed by atoms with van der Waals surface area (Å²) >= 11 is 0. The molecule has 0 radical (unpaired) electrons. The zero-order valence-electron chi connectivity index (χ0n) is 8.12. The van der Waals surface area contributed by atoms with E-state index < -0.39 is 11.1 Å². The molecule has 0 N–H and O–H groups in total. The van der Waals surface area contributed by atoms with Crippen LogP contribution in [0.3, 0.4) is 0 Å². The normalized spacial score (nSPS) is 9.40. The van der Waals surface area contributed by atoms with Crippen LogP contribution in [0.1, 0.15) is 5.56 Å². The summed E-state index contributed by atoms with van der Waals surface area (Å²) < 4.78 is 4.29. The van der Waals surface area contributed by atoms with Crippen LogP contribution in [0.5, 0.6) is 0 Å². The minimum atomic E-state index is -0.983. The fraction of sp³-hybridized carbons (Fsp3) is 0.222. The van der Waals surface area contributed by atoms with Crippen molar-refractivity contribution in [3.05, 3.63) is 46.0 Å². The van der Waals surface area contributed by atoms with Crippen LogP contribution in [0.4, 0.5) is 4.79 Å². The second-order valence-corrected chi connectivity index (χ2v) is 2.75. The van der Waals surface area contributed by atoms with Gasteiger partial charge in [-0.15, -0.1) is 0 Å². The molecule has 80 valence electrons. The van der Waals surface area contributed by atoms with Crippen molar-refractivity contribution in [1.29, 1.82) is 0 Å². The number of carbonyl (C=O) groups excluding carboxylic acids is 1. The molecule has 0 unspecified atom stereocenters. The first-order chi connectivity index (χ1) is 7.15. The predicted molar refractivity (Wildman–Crippen MR) is 51.4 cm³/mol. The lowest BCUT2D eigenvalue weighted by Gasteiger charge is -2.10. The van der Waals surface area contributed by atoms with E-state index in [4.69, 9.17) is 0 Å². The number of nitro groups is 1. The van der Waals surface area contributed by atoms with Gasteiger partial charge in [0.1, 0.15) is 6.54 Å². The fourth-order valence-electron chi connectivity index (χ4n) is 1.05.